The highest BCUT2D eigenvalue weighted by atomic mass is 31.2. The molecule has 0 amide bonds. The van der Waals surface area contributed by atoms with Crippen LogP contribution in [0.15, 0.2) is 0 Å². The van der Waals surface area contributed by atoms with Gasteiger partial charge in [0.2, 0.25) is 0 Å². The van der Waals surface area contributed by atoms with E-state index in [1.807, 2.05) is 0 Å². The number of hydrogen-bond acceptors (Lipinski definition) is 15. The lowest BCUT2D eigenvalue weighted by Gasteiger charge is -2.21. The number of aliphatic hydroxyl groups is 1. The number of ether oxygens (including phenoxy) is 4. The zero-order chi connectivity index (χ0) is 65.2. The van der Waals surface area contributed by atoms with Crippen LogP contribution in [-0.4, -0.2) is 96.7 Å². The molecule has 0 rings (SSSR count). The summed E-state index contributed by atoms with van der Waals surface area (Å²) >= 11 is 0. The van der Waals surface area contributed by atoms with Crippen LogP contribution in [0.5, 0.6) is 0 Å². The van der Waals surface area contributed by atoms with Crippen molar-refractivity contribution in [1.82, 2.24) is 0 Å². The van der Waals surface area contributed by atoms with E-state index >= 15 is 0 Å². The molecule has 0 aliphatic rings. The first kappa shape index (κ1) is 86.1. The van der Waals surface area contributed by atoms with Crippen molar-refractivity contribution < 1.29 is 80.2 Å². The van der Waals surface area contributed by atoms with Crippen molar-refractivity contribution in [2.45, 2.75) is 362 Å². The Morgan fingerprint density at radius 2 is 0.523 bits per heavy atom. The average Bonchev–Trinajstić information content (AvgIpc) is 3.40. The quantitative estimate of drug-likeness (QED) is 0.0222. The Kier molecular flexibility index (Phi) is 58.7. The van der Waals surface area contributed by atoms with Gasteiger partial charge in [0.1, 0.15) is 19.3 Å². The van der Waals surface area contributed by atoms with E-state index in [1.54, 1.807) is 0 Å². The smallest absolute Gasteiger partial charge is 0.462 e. The second kappa shape index (κ2) is 60.0. The number of aliphatic hydroxyl groups excluding tert-OH is 1. The molecule has 0 spiro atoms. The number of carbonyl (C=O) groups excluding carboxylic acids is 4. The summed E-state index contributed by atoms with van der Waals surface area (Å²) in [7, 11) is -9.89. The summed E-state index contributed by atoms with van der Waals surface area (Å²) in [5.74, 6) is 0.102. The van der Waals surface area contributed by atoms with E-state index in [2.05, 4.69) is 48.5 Å². The van der Waals surface area contributed by atoms with Crippen LogP contribution in [0, 0.1) is 17.8 Å². The van der Waals surface area contributed by atoms with Gasteiger partial charge >= 0.3 is 39.5 Å². The minimum atomic E-state index is -4.95. The Bertz CT molecular complexity index is 1730. The van der Waals surface area contributed by atoms with Crippen molar-refractivity contribution in [3.05, 3.63) is 0 Å². The molecule has 0 aromatic carbocycles. The third-order valence-electron chi connectivity index (χ3n) is 15.9. The first-order valence-corrected chi connectivity index (χ1v) is 38.8. The van der Waals surface area contributed by atoms with Gasteiger partial charge in [-0.2, -0.15) is 0 Å². The van der Waals surface area contributed by atoms with Crippen LogP contribution >= 0.6 is 15.6 Å². The summed E-state index contributed by atoms with van der Waals surface area (Å²) in [5, 5.41) is 10.6. The highest BCUT2D eigenvalue weighted by molar-refractivity contribution is 7.47. The number of esters is 4. The monoisotopic (exact) mass is 1300 g/mol. The summed E-state index contributed by atoms with van der Waals surface area (Å²) in [6.45, 7) is 11.7. The predicted octanol–water partition coefficient (Wildman–Crippen LogP) is 19.5. The van der Waals surface area contributed by atoms with Crippen LogP contribution in [-0.2, 0) is 65.4 Å². The molecule has 0 bridgehead atoms. The Morgan fingerprint density at radius 3 is 0.773 bits per heavy atom. The fourth-order valence-electron chi connectivity index (χ4n) is 10.4. The molecular formula is C69H134O17P2. The Balaban J connectivity index is 5.21. The van der Waals surface area contributed by atoms with Crippen LogP contribution in [0.2, 0.25) is 0 Å². The van der Waals surface area contributed by atoms with E-state index in [0.717, 1.165) is 108 Å². The predicted molar refractivity (Wildman–Crippen MR) is 354 cm³/mol. The van der Waals surface area contributed by atoms with Gasteiger partial charge in [-0.25, -0.2) is 9.13 Å². The second-order valence-electron chi connectivity index (χ2n) is 26.3. The number of rotatable bonds is 67. The molecule has 5 atom stereocenters. The molecule has 0 radical (unpaired) electrons. The molecule has 2 unspecified atom stereocenters. The van der Waals surface area contributed by atoms with Crippen LogP contribution in [0.1, 0.15) is 344 Å². The zero-order valence-corrected chi connectivity index (χ0v) is 59.0. The topological polar surface area (TPSA) is 237 Å². The number of phosphoric ester groups is 2. The molecule has 19 heteroatoms. The van der Waals surface area contributed by atoms with Crippen molar-refractivity contribution in [2.24, 2.45) is 17.8 Å². The molecule has 88 heavy (non-hydrogen) atoms. The maximum Gasteiger partial charge on any atom is 0.472 e. The molecule has 0 aliphatic heterocycles. The minimum Gasteiger partial charge on any atom is -0.462 e. The zero-order valence-electron chi connectivity index (χ0n) is 57.2. The molecule has 0 aliphatic carbocycles. The highest BCUT2D eigenvalue weighted by Gasteiger charge is 2.30. The van der Waals surface area contributed by atoms with Crippen LogP contribution in [0.25, 0.3) is 0 Å². The molecular weight excluding hydrogens is 1160 g/mol. The Labute approximate surface area is 537 Å². The van der Waals surface area contributed by atoms with Gasteiger partial charge in [0.25, 0.3) is 0 Å². The van der Waals surface area contributed by atoms with Crippen LogP contribution < -0.4 is 0 Å². The van der Waals surface area contributed by atoms with Gasteiger partial charge in [0, 0.05) is 25.7 Å². The molecule has 17 nitrogen and oxygen atoms in total. The van der Waals surface area contributed by atoms with Gasteiger partial charge in [0.05, 0.1) is 26.4 Å². The van der Waals surface area contributed by atoms with Crippen LogP contribution in [0.3, 0.4) is 0 Å². The fourth-order valence-corrected chi connectivity index (χ4v) is 11.9. The van der Waals surface area contributed by atoms with E-state index in [-0.39, 0.29) is 25.7 Å². The summed E-state index contributed by atoms with van der Waals surface area (Å²) in [5.41, 5.74) is 0. The SMILES string of the molecule is CCCCCCCCCCC(=O)OC[C@H](COP(=O)(O)OC[C@H](O)COP(=O)(O)OC[C@@H](COC(=O)CCCCCCCCCCCCCC(C)C)OC(=O)CCCCCCCCCCCCCCCCC(C)C)OC(=O)CCCCCCCCC(C)C. The molecule has 0 saturated carbocycles. The Morgan fingerprint density at radius 1 is 0.307 bits per heavy atom. The van der Waals surface area contributed by atoms with E-state index in [4.69, 9.17) is 37.0 Å². The maximum absolute atomic E-state index is 13.0. The lowest BCUT2D eigenvalue weighted by atomic mass is 10.0. The largest absolute Gasteiger partial charge is 0.472 e. The van der Waals surface area contributed by atoms with E-state index in [1.165, 1.54) is 148 Å². The summed E-state index contributed by atoms with van der Waals surface area (Å²) < 4.78 is 68.1. The van der Waals surface area contributed by atoms with Gasteiger partial charge in [0.15, 0.2) is 12.2 Å². The van der Waals surface area contributed by atoms with Crippen molar-refractivity contribution >= 4 is 39.5 Å². The van der Waals surface area contributed by atoms with Gasteiger partial charge in [-0.05, 0) is 43.4 Å². The average molecular weight is 1300 g/mol. The first-order chi connectivity index (χ1) is 42.2. The summed E-state index contributed by atoms with van der Waals surface area (Å²) in [6, 6.07) is 0. The summed E-state index contributed by atoms with van der Waals surface area (Å²) in [4.78, 5) is 72.4. The highest BCUT2D eigenvalue weighted by Crippen LogP contribution is 2.45. The fraction of sp³-hybridized carbons (Fsp3) is 0.942. The summed E-state index contributed by atoms with van der Waals surface area (Å²) in [6.07, 6.45) is 43.3. The molecule has 0 aromatic heterocycles. The van der Waals surface area contributed by atoms with Crippen molar-refractivity contribution in [3.63, 3.8) is 0 Å². The van der Waals surface area contributed by atoms with Gasteiger partial charge in [-0.1, -0.05) is 292 Å². The number of hydrogen-bond donors (Lipinski definition) is 3. The van der Waals surface area contributed by atoms with Crippen molar-refractivity contribution in [1.29, 1.82) is 0 Å². The van der Waals surface area contributed by atoms with Gasteiger partial charge < -0.3 is 33.8 Å². The molecule has 0 aromatic rings. The van der Waals surface area contributed by atoms with E-state index in [0.29, 0.717) is 31.6 Å². The third-order valence-corrected chi connectivity index (χ3v) is 17.8. The van der Waals surface area contributed by atoms with E-state index in [9.17, 15) is 43.2 Å². The first-order valence-electron chi connectivity index (χ1n) is 35.8. The molecule has 0 heterocycles. The standard InChI is InChI=1S/C69H134O17P2/c1-8-9-10-11-12-28-36-43-50-66(71)79-57-65(86-69(74)53-46-39-32-31-35-42-49-62(6)7)59-84-88(77,78)82-55-63(70)54-81-87(75,76)83-58-64(56-80-67(72)51-44-37-29-24-21-17-19-23-27-34-41-48-61(4)5)85-68(73)52-45-38-30-25-20-16-14-13-15-18-22-26-33-40-47-60(2)3/h60-65,70H,8-59H2,1-7H3,(H,75,76)(H,77,78)/t63-,64-,65-/m1/s1. The number of unbranched alkanes of at least 4 members (excludes halogenated alkanes) is 35. The third kappa shape index (κ3) is 62.8. The Hall–Kier alpha value is -1.94. The molecule has 0 fully saturated rings. The van der Waals surface area contributed by atoms with Gasteiger partial charge in [-0.15, -0.1) is 0 Å². The molecule has 0 saturated heterocycles. The second-order valence-corrected chi connectivity index (χ2v) is 29.3. The molecule has 522 valence electrons. The van der Waals surface area contributed by atoms with Crippen molar-refractivity contribution in [2.75, 3.05) is 39.6 Å². The van der Waals surface area contributed by atoms with Crippen LogP contribution in [0.4, 0.5) is 0 Å². The van der Waals surface area contributed by atoms with E-state index < -0.39 is 97.5 Å². The number of phosphoric acid groups is 2. The molecule has 3 N–H and O–H groups in total. The maximum atomic E-state index is 13.0. The van der Waals surface area contributed by atoms with Gasteiger partial charge in [-0.3, -0.25) is 37.3 Å². The van der Waals surface area contributed by atoms with Crippen molar-refractivity contribution in [3.8, 4) is 0 Å². The lowest BCUT2D eigenvalue weighted by molar-refractivity contribution is -0.161. The number of carbonyl (C=O) groups is 4. The minimum absolute atomic E-state index is 0.102. The lowest BCUT2D eigenvalue weighted by Crippen LogP contribution is -2.30. The normalized spacial score (nSPS) is 14.2.